The second-order valence-electron chi connectivity index (χ2n) is 4.61. The van der Waals surface area contributed by atoms with Crippen LogP contribution in [0.1, 0.15) is 31.2 Å². The number of hydrogen-bond donors (Lipinski definition) is 2. The molecule has 3 heteroatoms. The first kappa shape index (κ1) is 11.4. The molecule has 1 aliphatic carbocycles. The topological polar surface area (TPSA) is 38.0 Å². The number of nitrogens with one attached hydrogen (secondary N) is 1. The van der Waals surface area contributed by atoms with Gasteiger partial charge in [-0.3, -0.25) is 0 Å². The zero-order valence-electron chi connectivity index (χ0n) is 9.67. The van der Waals surface area contributed by atoms with E-state index in [9.17, 15) is 4.39 Å². The van der Waals surface area contributed by atoms with E-state index in [0.29, 0.717) is 5.56 Å². The molecular formula is C13H19FN2. The number of nitrogens with two attached hydrogens (primary N) is 1. The van der Waals surface area contributed by atoms with Gasteiger partial charge in [0.2, 0.25) is 0 Å². The molecule has 0 amide bonds. The van der Waals surface area contributed by atoms with Gasteiger partial charge in [0, 0.05) is 23.3 Å². The molecule has 1 aromatic carbocycles. The molecule has 0 aromatic heterocycles. The molecule has 1 aliphatic rings. The zero-order valence-corrected chi connectivity index (χ0v) is 9.67. The van der Waals surface area contributed by atoms with Gasteiger partial charge in [0.05, 0.1) is 0 Å². The molecule has 0 saturated heterocycles. The van der Waals surface area contributed by atoms with Crippen molar-refractivity contribution in [3.8, 4) is 0 Å². The Morgan fingerprint density at radius 1 is 1.31 bits per heavy atom. The van der Waals surface area contributed by atoms with E-state index in [4.69, 9.17) is 5.73 Å². The van der Waals surface area contributed by atoms with Gasteiger partial charge in [-0.25, -0.2) is 4.39 Å². The Balaban J connectivity index is 2.10. The summed E-state index contributed by atoms with van der Waals surface area (Å²) in [7, 11) is 0. The van der Waals surface area contributed by atoms with Crippen molar-refractivity contribution in [3.05, 3.63) is 29.6 Å². The molecule has 2 rings (SSSR count). The molecule has 0 unspecified atom stereocenters. The predicted molar refractivity (Wildman–Crippen MR) is 65.0 cm³/mol. The first-order chi connectivity index (χ1) is 7.68. The maximum atomic E-state index is 13.4. The molecule has 2 nitrogen and oxygen atoms in total. The maximum absolute atomic E-state index is 13.4. The first-order valence-corrected chi connectivity index (χ1v) is 5.95. The monoisotopic (exact) mass is 222 g/mol. The van der Waals surface area contributed by atoms with E-state index in [0.717, 1.165) is 18.5 Å². The molecule has 3 N–H and O–H groups in total. The third kappa shape index (κ3) is 2.35. The van der Waals surface area contributed by atoms with E-state index in [1.165, 1.54) is 18.9 Å². The fourth-order valence-corrected chi connectivity index (χ4v) is 2.30. The standard InChI is InChI=1S/C13H19FN2/c1-9-10(14)5-4-8-12(9)16-13-7-3-2-6-11(13)15/h4-5,8,11,13,16H,2-3,6-7,15H2,1H3/t11-,13+/m1/s1. The van der Waals surface area contributed by atoms with Gasteiger partial charge in [-0.15, -0.1) is 0 Å². The van der Waals surface area contributed by atoms with E-state index in [1.54, 1.807) is 13.0 Å². The van der Waals surface area contributed by atoms with Crippen LogP contribution in [-0.2, 0) is 0 Å². The van der Waals surface area contributed by atoms with Crippen LogP contribution < -0.4 is 11.1 Å². The highest BCUT2D eigenvalue weighted by Gasteiger charge is 2.22. The Kier molecular flexibility index (Phi) is 3.44. The summed E-state index contributed by atoms with van der Waals surface area (Å²) in [6.07, 6.45) is 4.56. The van der Waals surface area contributed by atoms with Crippen LogP contribution in [0.2, 0.25) is 0 Å². The third-order valence-corrected chi connectivity index (χ3v) is 3.43. The molecule has 16 heavy (non-hydrogen) atoms. The maximum Gasteiger partial charge on any atom is 0.128 e. The molecule has 1 saturated carbocycles. The molecule has 2 atom stereocenters. The first-order valence-electron chi connectivity index (χ1n) is 5.95. The predicted octanol–water partition coefficient (Wildman–Crippen LogP) is 2.82. The van der Waals surface area contributed by atoms with Crippen LogP contribution in [0.3, 0.4) is 0 Å². The van der Waals surface area contributed by atoms with Crippen molar-refractivity contribution in [3.63, 3.8) is 0 Å². The second-order valence-corrected chi connectivity index (χ2v) is 4.61. The van der Waals surface area contributed by atoms with Crippen molar-refractivity contribution in [1.82, 2.24) is 0 Å². The van der Waals surface area contributed by atoms with Crippen LogP contribution in [0.5, 0.6) is 0 Å². The molecule has 0 spiro atoms. The van der Waals surface area contributed by atoms with Gasteiger partial charge in [0.15, 0.2) is 0 Å². The van der Waals surface area contributed by atoms with Crippen LogP contribution in [-0.4, -0.2) is 12.1 Å². The summed E-state index contributed by atoms with van der Waals surface area (Å²) >= 11 is 0. The summed E-state index contributed by atoms with van der Waals surface area (Å²) in [5, 5.41) is 3.37. The smallest absolute Gasteiger partial charge is 0.128 e. The van der Waals surface area contributed by atoms with Gasteiger partial charge < -0.3 is 11.1 Å². The fourth-order valence-electron chi connectivity index (χ4n) is 2.30. The molecule has 0 aliphatic heterocycles. The highest BCUT2D eigenvalue weighted by atomic mass is 19.1. The molecule has 0 bridgehead atoms. The average Bonchev–Trinajstić information content (AvgIpc) is 2.28. The van der Waals surface area contributed by atoms with Gasteiger partial charge in [-0.2, -0.15) is 0 Å². The minimum absolute atomic E-state index is 0.158. The second kappa shape index (κ2) is 4.83. The minimum Gasteiger partial charge on any atom is -0.380 e. The lowest BCUT2D eigenvalue weighted by molar-refractivity contribution is 0.404. The quantitative estimate of drug-likeness (QED) is 0.807. The van der Waals surface area contributed by atoms with Crippen molar-refractivity contribution in [1.29, 1.82) is 0 Å². The van der Waals surface area contributed by atoms with E-state index < -0.39 is 0 Å². The Bertz CT molecular complexity index is 365. The van der Waals surface area contributed by atoms with Crippen LogP contribution >= 0.6 is 0 Å². The Hall–Kier alpha value is -1.09. The SMILES string of the molecule is Cc1c(F)cccc1N[C@H]1CCCC[C@H]1N. The van der Waals surface area contributed by atoms with Crippen molar-refractivity contribution in [2.45, 2.75) is 44.7 Å². The number of anilines is 1. The number of halogens is 1. The normalized spacial score (nSPS) is 25.4. The third-order valence-electron chi connectivity index (χ3n) is 3.43. The van der Waals surface area contributed by atoms with E-state index in [2.05, 4.69) is 5.32 Å². The summed E-state index contributed by atoms with van der Waals surface area (Å²) in [6, 6.07) is 5.62. The average molecular weight is 222 g/mol. The van der Waals surface area contributed by atoms with Gasteiger partial charge in [-0.1, -0.05) is 18.9 Å². The van der Waals surface area contributed by atoms with Gasteiger partial charge in [0.1, 0.15) is 5.82 Å². The number of rotatable bonds is 2. The van der Waals surface area contributed by atoms with Gasteiger partial charge in [-0.05, 0) is 31.9 Å². The molecule has 1 aromatic rings. The van der Waals surface area contributed by atoms with Crippen LogP contribution in [0.15, 0.2) is 18.2 Å². The lowest BCUT2D eigenvalue weighted by Gasteiger charge is -2.30. The summed E-state index contributed by atoms with van der Waals surface area (Å²) in [4.78, 5) is 0. The zero-order chi connectivity index (χ0) is 11.5. The van der Waals surface area contributed by atoms with E-state index in [-0.39, 0.29) is 17.9 Å². The molecule has 0 radical (unpaired) electrons. The summed E-state index contributed by atoms with van der Waals surface area (Å²) in [5.41, 5.74) is 7.62. The number of benzene rings is 1. The van der Waals surface area contributed by atoms with E-state index >= 15 is 0 Å². The Morgan fingerprint density at radius 3 is 2.81 bits per heavy atom. The van der Waals surface area contributed by atoms with Crippen molar-refractivity contribution in [2.75, 3.05) is 5.32 Å². The van der Waals surface area contributed by atoms with Crippen molar-refractivity contribution in [2.24, 2.45) is 5.73 Å². The highest BCUT2D eigenvalue weighted by molar-refractivity contribution is 5.51. The summed E-state index contributed by atoms with van der Waals surface area (Å²) < 4.78 is 13.4. The largest absolute Gasteiger partial charge is 0.380 e. The summed E-state index contributed by atoms with van der Waals surface area (Å²) in [5.74, 6) is -0.158. The van der Waals surface area contributed by atoms with Crippen LogP contribution in [0.4, 0.5) is 10.1 Å². The molecule has 0 heterocycles. The van der Waals surface area contributed by atoms with Gasteiger partial charge in [0.25, 0.3) is 0 Å². The van der Waals surface area contributed by atoms with Crippen LogP contribution in [0.25, 0.3) is 0 Å². The lowest BCUT2D eigenvalue weighted by Crippen LogP contribution is -2.42. The molecule has 1 fully saturated rings. The summed E-state index contributed by atoms with van der Waals surface area (Å²) in [6.45, 7) is 1.80. The number of hydrogen-bond acceptors (Lipinski definition) is 2. The Labute approximate surface area is 96.0 Å². The lowest BCUT2D eigenvalue weighted by atomic mass is 9.90. The molecular weight excluding hydrogens is 203 g/mol. The fraction of sp³-hybridized carbons (Fsp3) is 0.538. The Morgan fingerprint density at radius 2 is 2.06 bits per heavy atom. The minimum atomic E-state index is -0.158. The van der Waals surface area contributed by atoms with Crippen molar-refractivity contribution < 1.29 is 4.39 Å². The van der Waals surface area contributed by atoms with E-state index in [1.807, 2.05) is 6.07 Å². The van der Waals surface area contributed by atoms with Gasteiger partial charge >= 0.3 is 0 Å². The van der Waals surface area contributed by atoms with Crippen molar-refractivity contribution >= 4 is 5.69 Å². The van der Waals surface area contributed by atoms with Crippen LogP contribution in [0, 0.1) is 12.7 Å². The highest BCUT2D eigenvalue weighted by Crippen LogP contribution is 2.24. The molecule has 88 valence electrons.